The van der Waals surface area contributed by atoms with E-state index in [4.69, 9.17) is 5.26 Å². The predicted octanol–water partition coefficient (Wildman–Crippen LogP) is 1.54. The van der Waals surface area contributed by atoms with Crippen molar-refractivity contribution < 1.29 is 8.42 Å². The number of nitriles is 1. The van der Waals surface area contributed by atoms with Crippen LogP contribution in [0.25, 0.3) is 0 Å². The van der Waals surface area contributed by atoms with Gasteiger partial charge in [0.1, 0.15) is 5.54 Å². The van der Waals surface area contributed by atoms with Crippen molar-refractivity contribution in [2.45, 2.75) is 56.7 Å². The highest BCUT2D eigenvalue weighted by Crippen LogP contribution is 2.24. The lowest BCUT2D eigenvalue weighted by molar-refractivity contribution is 0.464. The Kier molecular flexibility index (Phi) is 3.74. The van der Waals surface area contributed by atoms with Crippen molar-refractivity contribution in [3.63, 3.8) is 0 Å². The highest BCUT2D eigenvalue weighted by molar-refractivity contribution is 7.90. The van der Waals surface area contributed by atoms with Crippen LogP contribution in [0.2, 0.25) is 0 Å². The van der Waals surface area contributed by atoms with Crippen molar-refractivity contribution >= 4 is 10.0 Å². The van der Waals surface area contributed by atoms with Gasteiger partial charge in [0.2, 0.25) is 10.0 Å². The smallest absolute Gasteiger partial charge is 0.212 e. The maximum absolute atomic E-state index is 11.9. The minimum absolute atomic E-state index is 0.307. The Morgan fingerprint density at radius 3 is 2.27 bits per heavy atom. The van der Waals surface area contributed by atoms with Crippen molar-refractivity contribution in [3.05, 3.63) is 0 Å². The second-order valence-electron chi connectivity index (χ2n) is 4.64. The van der Waals surface area contributed by atoms with Crippen LogP contribution in [0.5, 0.6) is 0 Å². The van der Waals surface area contributed by atoms with E-state index in [-0.39, 0.29) is 5.25 Å². The fourth-order valence-corrected chi connectivity index (χ4v) is 3.71. The number of rotatable bonds is 3. The molecule has 0 heterocycles. The molecule has 0 atom stereocenters. The van der Waals surface area contributed by atoms with Crippen molar-refractivity contribution in [3.8, 4) is 6.07 Å². The standard InChI is InChI=1S/C10H18N2O2S/c1-10(2,8-11)12-15(13,14)9-6-4-3-5-7-9/h9,12H,3-7H2,1-2H3. The molecule has 0 radical (unpaired) electrons. The van der Waals surface area contributed by atoms with Gasteiger partial charge in [0.05, 0.1) is 11.3 Å². The maximum Gasteiger partial charge on any atom is 0.215 e. The lowest BCUT2D eigenvalue weighted by Gasteiger charge is -2.25. The van der Waals surface area contributed by atoms with E-state index < -0.39 is 15.6 Å². The van der Waals surface area contributed by atoms with Crippen molar-refractivity contribution in [1.29, 1.82) is 5.26 Å². The maximum atomic E-state index is 11.9. The predicted molar refractivity (Wildman–Crippen MR) is 58.6 cm³/mol. The second kappa shape index (κ2) is 4.50. The fraction of sp³-hybridized carbons (Fsp3) is 0.900. The Morgan fingerprint density at radius 1 is 1.27 bits per heavy atom. The third-order valence-corrected chi connectivity index (χ3v) is 4.81. The first-order chi connectivity index (χ1) is 6.87. The van der Waals surface area contributed by atoms with E-state index in [1.807, 2.05) is 6.07 Å². The molecule has 0 spiro atoms. The minimum Gasteiger partial charge on any atom is -0.212 e. The molecular formula is C10H18N2O2S. The summed E-state index contributed by atoms with van der Waals surface area (Å²) in [5, 5.41) is 8.47. The molecule has 0 bridgehead atoms. The highest BCUT2D eigenvalue weighted by Gasteiger charge is 2.32. The molecule has 0 amide bonds. The molecule has 0 aromatic rings. The van der Waals surface area contributed by atoms with Crippen LogP contribution in [0.3, 0.4) is 0 Å². The lowest BCUT2D eigenvalue weighted by atomic mass is 10.0. The van der Waals surface area contributed by atoms with Gasteiger partial charge in [0.25, 0.3) is 0 Å². The van der Waals surface area contributed by atoms with Gasteiger partial charge in [-0.15, -0.1) is 0 Å². The van der Waals surface area contributed by atoms with Gasteiger partial charge in [-0.3, -0.25) is 0 Å². The second-order valence-corrected chi connectivity index (χ2v) is 6.60. The van der Waals surface area contributed by atoms with Gasteiger partial charge < -0.3 is 0 Å². The summed E-state index contributed by atoms with van der Waals surface area (Å²) < 4.78 is 26.3. The van der Waals surface area contributed by atoms with Crippen LogP contribution >= 0.6 is 0 Å². The zero-order valence-corrected chi connectivity index (χ0v) is 10.1. The largest absolute Gasteiger partial charge is 0.215 e. The monoisotopic (exact) mass is 230 g/mol. The molecule has 0 aromatic carbocycles. The highest BCUT2D eigenvalue weighted by atomic mass is 32.2. The molecule has 0 saturated heterocycles. The summed E-state index contributed by atoms with van der Waals surface area (Å²) in [5.41, 5.74) is -1.00. The Hall–Kier alpha value is -0.600. The molecule has 15 heavy (non-hydrogen) atoms. The van der Waals surface area contributed by atoms with Crippen molar-refractivity contribution in [1.82, 2.24) is 4.72 Å². The van der Waals surface area contributed by atoms with Crippen LogP contribution in [-0.2, 0) is 10.0 Å². The molecule has 1 aliphatic rings. The molecule has 0 aromatic heterocycles. The summed E-state index contributed by atoms with van der Waals surface area (Å²) in [4.78, 5) is 0. The van der Waals surface area contributed by atoms with Crippen LogP contribution in [0.4, 0.5) is 0 Å². The van der Waals surface area contributed by atoms with E-state index in [1.54, 1.807) is 13.8 Å². The average molecular weight is 230 g/mol. The molecule has 0 aliphatic heterocycles. The number of nitrogens with one attached hydrogen (secondary N) is 1. The third-order valence-electron chi connectivity index (χ3n) is 2.67. The van der Waals surface area contributed by atoms with Gasteiger partial charge in [0, 0.05) is 0 Å². The molecule has 0 unspecified atom stereocenters. The summed E-state index contributed by atoms with van der Waals surface area (Å²) in [6.07, 6.45) is 4.50. The Bertz CT molecular complexity index is 348. The van der Waals surface area contributed by atoms with Gasteiger partial charge in [0.15, 0.2) is 0 Å². The molecule has 1 aliphatic carbocycles. The molecule has 1 rings (SSSR count). The molecule has 1 saturated carbocycles. The van der Waals surface area contributed by atoms with E-state index in [0.29, 0.717) is 0 Å². The van der Waals surface area contributed by atoms with E-state index in [9.17, 15) is 8.42 Å². The van der Waals surface area contributed by atoms with Crippen molar-refractivity contribution in [2.75, 3.05) is 0 Å². The zero-order chi connectivity index (χ0) is 11.5. The zero-order valence-electron chi connectivity index (χ0n) is 9.28. The Morgan fingerprint density at radius 2 is 1.80 bits per heavy atom. The third kappa shape index (κ3) is 3.47. The molecule has 1 fully saturated rings. The topological polar surface area (TPSA) is 70.0 Å². The summed E-state index contributed by atoms with van der Waals surface area (Å²) in [7, 11) is -3.33. The summed E-state index contributed by atoms with van der Waals surface area (Å²) >= 11 is 0. The summed E-state index contributed by atoms with van der Waals surface area (Å²) in [6, 6.07) is 1.95. The van der Waals surface area contributed by atoms with Crippen molar-refractivity contribution in [2.24, 2.45) is 0 Å². The van der Waals surface area contributed by atoms with E-state index >= 15 is 0 Å². The molecule has 4 nitrogen and oxygen atoms in total. The number of hydrogen-bond donors (Lipinski definition) is 1. The van der Waals surface area contributed by atoms with Crippen LogP contribution in [0.15, 0.2) is 0 Å². The first kappa shape index (κ1) is 12.5. The van der Waals surface area contributed by atoms with Crippen LogP contribution in [-0.4, -0.2) is 19.2 Å². The Balaban J connectivity index is 2.71. The van der Waals surface area contributed by atoms with Gasteiger partial charge in [-0.25, -0.2) is 8.42 Å². The lowest BCUT2D eigenvalue weighted by Crippen LogP contribution is -2.46. The van der Waals surface area contributed by atoms with E-state index in [2.05, 4.69) is 4.72 Å². The van der Waals surface area contributed by atoms with Gasteiger partial charge in [-0.2, -0.15) is 9.98 Å². The first-order valence-electron chi connectivity index (χ1n) is 5.31. The van der Waals surface area contributed by atoms with Crippen LogP contribution in [0, 0.1) is 11.3 Å². The summed E-state index contributed by atoms with van der Waals surface area (Å²) in [5.74, 6) is 0. The van der Waals surface area contributed by atoms with Gasteiger partial charge >= 0.3 is 0 Å². The fourth-order valence-electron chi connectivity index (χ4n) is 1.84. The van der Waals surface area contributed by atoms with E-state index in [1.165, 1.54) is 0 Å². The van der Waals surface area contributed by atoms with Gasteiger partial charge in [-0.1, -0.05) is 19.3 Å². The summed E-state index contributed by atoms with van der Waals surface area (Å²) in [6.45, 7) is 3.15. The molecule has 86 valence electrons. The number of hydrogen-bond acceptors (Lipinski definition) is 3. The SMILES string of the molecule is CC(C)(C#N)NS(=O)(=O)C1CCCCC1. The average Bonchev–Trinajstić information content (AvgIpc) is 2.18. The molecule has 1 N–H and O–H groups in total. The normalized spacial score (nSPS) is 19.8. The number of sulfonamides is 1. The molecular weight excluding hydrogens is 212 g/mol. The first-order valence-corrected chi connectivity index (χ1v) is 6.86. The van der Waals surface area contributed by atoms with E-state index in [0.717, 1.165) is 32.1 Å². The molecule has 5 heteroatoms. The Labute approximate surface area is 91.7 Å². The van der Waals surface area contributed by atoms with Crippen LogP contribution < -0.4 is 4.72 Å². The number of nitrogens with zero attached hydrogens (tertiary/aromatic N) is 1. The quantitative estimate of drug-likeness (QED) is 0.799. The van der Waals surface area contributed by atoms with Gasteiger partial charge in [-0.05, 0) is 26.7 Å². The minimum atomic E-state index is -3.33. The van der Waals surface area contributed by atoms with Crippen LogP contribution in [0.1, 0.15) is 46.0 Å².